The van der Waals surface area contributed by atoms with Gasteiger partial charge in [-0.15, -0.1) is 5.10 Å². The van der Waals surface area contributed by atoms with Crippen LogP contribution in [-0.4, -0.2) is 64.3 Å². The van der Waals surface area contributed by atoms with E-state index in [1.54, 1.807) is 0 Å². The van der Waals surface area contributed by atoms with Gasteiger partial charge < -0.3 is 14.8 Å². The molecule has 1 amide bonds. The molecule has 1 N–H and O–H groups in total. The molecule has 3 heterocycles. The molecule has 8 nitrogen and oxygen atoms in total. The van der Waals surface area contributed by atoms with Crippen molar-refractivity contribution in [2.45, 2.75) is 44.3 Å². The fourth-order valence-electron chi connectivity index (χ4n) is 4.56. The van der Waals surface area contributed by atoms with Crippen molar-refractivity contribution in [3.05, 3.63) is 83.2 Å². The van der Waals surface area contributed by atoms with Gasteiger partial charge in [0.15, 0.2) is 0 Å². The molecule has 0 aliphatic carbocycles. The first-order valence-electron chi connectivity index (χ1n) is 11.3. The molecule has 3 aromatic rings. The van der Waals surface area contributed by atoms with Gasteiger partial charge in [-0.25, -0.2) is 4.68 Å². The highest BCUT2D eigenvalue weighted by Crippen LogP contribution is 2.34. The number of carbonyl (C=O) groups excluding carboxylic acids is 1. The number of amides is 1. The van der Waals surface area contributed by atoms with Gasteiger partial charge in [0.2, 0.25) is 0 Å². The molecule has 4 atom stereocenters. The fourth-order valence-corrected chi connectivity index (χ4v) is 4.56. The van der Waals surface area contributed by atoms with E-state index in [2.05, 4.69) is 39.7 Å². The Hall–Kier alpha value is -3.07. The molecule has 2 aromatic carbocycles. The molecule has 33 heavy (non-hydrogen) atoms. The van der Waals surface area contributed by atoms with Gasteiger partial charge in [-0.05, 0) is 31.7 Å². The predicted octanol–water partition coefficient (Wildman–Crippen LogP) is 2.36. The summed E-state index contributed by atoms with van der Waals surface area (Å²) in [5.41, 5.74) is 3.92. The van der Waals surface area contributed by atoms with Crippen LogP contribution >= 0.6 is 0 Å². The molecule has 0 bridgehead atoms. The molecular weight excluding hydrogens is 418 g/mol. The lowest BCUT2D eigenvalue weighted by atomic mass is 10.1. The molecule has 2 fully saturated rings. The lowest BCUT2D eigenvalue weighted by molar-refractivity contribution is 0.0613. The maximum atomic E-state index is 12.6. The first-order chi connectivity index (χ1) is 16.1. The maximum Gasteiger partial charge on any atom is 0.251 e. The van der Waals surface area contributed by atoms with Crippen molar-refractivity contribution in [2.75, 3.05) is 20.3 Å². The van der Waals surface area contributed by atoms with E-state index in [0.717, 1.165) is 17.8 Å². The zero-order valence-electron chi connectivity index (χ0n) is 18.9. The SMILES string of the molecule is Cc1ccc(C(=O)N[C@H]2CO[C@H]3[C@@H]2OC[C@@H]3n2cc(CN(C)Cc3ccccc3)nn2)cc1. The van der Waals surface area contributed by atoms with E-state index in [1.807, 2.05) is 60.3 Å². The zero-order chi connectivity index (χ0) is 22.8. The topological polar surface area (TPSA) is 81.5 Å². The Balaban J connectivity index is 1.18. The lowest BCUT2D eigenvalue weighted by Crippen LogP contribution is -2.44. The number of benzene rings is 2. The summed E-state index contributed by atoms with van der Waals surface area (Å²) in [6.45, 7) is 4.45. The Morgan fingerprint density at radius 3 is 2.61 bits per heavy atom. The number of nitrogens with one attached hydrogen (secondary N) is 1. The van der Waals surface area contributed by atoms with Crippen molar-refractivity contribution in [3.8, 4) is 0 Å². The van der Waals surface area contributed by atoms with Crippen molar-refractivity contribution in [3.63, 3.8) is 0 Å². The van der Waals surface area contributed by atoms with Gasteiger partial charge in [0.25, 0.3) is 5.91 Å². The number of hydrogen-bond donors (Lipinski definition) is 1. The highest BCUT2D eigenvalue weighted by Gasteiger charge is 2.49. The van der Waals surface area contributed by atoms with Crippen molar-refractivity contribution in [1.29, 1.82) is 0 Å². The molecule has 172 valence electrons. The fraction of sp³-hybridized carbons (Fsp3) is 0.400. The van der Waals surface area contributed by atoms with Crippen LogP contribution < -0.4 is 5.32 Å². The third-order valence-corrected chi connectivity index (χ3v) is 6.28. The summed E-state index contributed by atoms with van der Waals surface area (Å²) in [5.74, 6) is -0.110. The molecule has 5 rings (SSSR count). The molecule has 8 heteroatoms. The molecule has 2 saturated heterocycles. The minimum absolute atomic E-state index is 0.0584. The molecule has 1 aromatic heterocycles. The van der Waals surface area contributed by atoms with Gasteiger partial charge in [-0.1, -0.05) is 53.2 Å². The maximum absolute atomic E-state index is 12.6. The Morgan fingerprint density at radius 1 is 1.06 bits per heavy atom. The van der Waals surface area contributed by atoms with Crippen molar-refractivity contribution >= 4 is 5.91 Å². The summed E-state index contributed by atoms with van der Waals surface area (Å²) in [4.78, 5) is 14.8. The van der Waals surface area contributed by atoms with Gasteiger partial charge in [-0.3, -0.25) is 9.69 Å². The second-order valence-corrected chi connectivity index (χ2v) is 8.96. The summed E-state index contributed by atoms with van der Waals surface area (Å²) in [7, 11) is 2.07. The molecular formula is C25H29N5O3. The van der Waals surface area contributed by atoms with Crippen LogP contribution in [0.5, 0.6) is 0 Å². The smallest absolute Gasteiger partial charge is 0.251 e. The second kappa shape index (κ2) is 9.43. The summed E-state index contributed by atoms with van der Waals surface area (Å²) in [5, 5.41) is 11.8. The minimum atomic E-state index is -0.196. The average Bonchev–Trinajstić information content (AvgIpc) is 3.53. The summed E-state index contributed by atoms with van der Waals surface area (Å²) in [6, 6.07) is 17.7. The second-order valence-electron chi connectivity index (χ2n) is 8.96. The van der Waals surface area contributed by atoms with Gasteiger partial charge in [0.05, 0.1) is 31.1 Å². The minimum Gasteiger partial charge on any atom is -0.371 e. The lowest BCUT2D eigenvalue weighted by Gasteiger charge is -2.18. The van der Waals surface area contributed by atoms with Crippen molar-refractivity contribution in [1.82, 2.24) is 25.2 Å². The number of aryl methyl sites for hydroxylation is 1. The number of fused-ring (bicyclic) bond motifs is 1. The highest BCUT2D eigenvalue weighted by molar-refractivity contribution is 5.94. The van der Waals surface area contributed by atoms with Crippen molar-refractivity contribution in [2.24, 2.45) is 0 Å². The van der Waals surface area contributed by atoms with Crippen LogP contribution in [0.1, 0.15) is 33.2 Å². The Bertz CT molecular complexity index is 1080. The van der Waals surface area contributed by atoms with Gasteiger partial charge in [-0.2, -0.15) is 0 Å². The van der Waals surface area contributed by atoms with Crippen LogP contribution in [0.2, 0.25) is 0 Å². The molecule has 0 radical (unpaired) electrons. The van der Waals surface area contributed by atoms with E-state index in [1.165, 1.54) is 5.56 Å². The third-order valence-electron chi connectivity index (χ3n) is 6.28. The number of ether oxygens (including phenoxy) is 2. The third kappa shape index (κ3) is 4.83. The van der Waals surface area contributed by atoms with Crippen LogP contribution in [0, 0.1) is 6.92 Å². The highest BCUT2D eigenvalue weighted by atomic mass is 16.6. The van der Waals surface area contributed by atoms with Gasteiger partial charge in [0, 0.05) is 18.7 Å². The molecule has 2 aliphatic rings. The molecule has 0 spiro atoms. The predicted molar refractivity (Wildman–Crippen MR) is 123 cm³/mol. The number of aromatic nitrogens is 3. The number of nitrogens with zero attached hydrogens (tertiary/aromatic N) is 4. The standard InChI is InChI=1S/C25H29N5O3/c1-17-8-10-19(11-9-17)25(31)26-21-15-32-24-22(16-33-23(21)24)30-14-20(27-28-30)13-29(2)12-18-6-4-3-5-7-18/h3-11,14,21-24H,12-13,15-16H2,1-2H3,(H,26,31)/t21-,22-,23+,24+/m0/s1. The van der Waals surface area contributed by atoms with Crippen LogP contribution in [-0.2, 0) is 22.6 Å². The normalized spacial score (nSPS) is 24.2. The van der Waals surface area contributed by atoms with Crippen LogP contribution in [0.4, 0.5) is 0 Å². The summed E-state index contributed by atoms with van der Waals surface area (Å²) in [6.07, 6.45) is 1.61. The number of hydrogen-bond acceptors (Lipinski definition) is 6. The zero-order valence-corrected chi connectivity index (χ0v) is 18.9. The average molecular weight is 448 g/mol. The number of carbonyl (C=O) groups is 1. The van der Waals surface area contributed by atoms with E-state index >= 15 is 0 Å². The van der Waals surface area contributed by atoms with Crippen molar-refractivity contribution < 1.29 is 14.3 Å². The quantitative estimate of drug-likeness (QED) is 0.599. The van der Waals surface area contributed by atoms with Gasteiger partial charge >= 0.3 is 0 Å². The van der Waals surface area contributed by atoms with E-state index in [-0.39, 0.29) is 30.2 Å². The Labute approximate surface area is 193 Å². The first-order valence-corrected chi connectivity index (χ1v) is 11.3. The number of rotatable bonds is 7. The first kappa shape index (κ1) is 21.8. The Kier molecular flexibility index (Phi) is 6.22. The van der Waals surface area contributed by atoms with Crippen LogP contribution in [0.3, 0.4) is 0 Å². The van der Waals surface area contributed by atoms with E-state index in [9.17, 15) is 4.79 Å². The molecule has 2 aliphatic heterocycles. The van der Waals surface area contributed by atoms with Crippen LogP contribution in [0.15, 0.2) is 60.8 Å². The largest absolute Gasteiger partial charge is 0.371 e. The van der Waals surface area contributed by atoms with E-state index in [0.29, 0.717) is 25.3 Å². The summed E-state index contributed by atoms with van der Waals surface area (Å²) < 4.78 is 13.9. The Morgan fingerprint density at radius 2 is 1.82 bits per heavy atom. The molecule has 0 saturated carbocycles. The van der Waals surface area contributed by atoms with Gasteiger partial charge in [0.1, 0.15) is 18.2 Å². The van der Waals surface area contributed by atoms with E-state index < -0.39 is 0 Å². The van der Waals surface area contributed by atoms with E-state index in [4.69, 9.17) is 9.47 Å². The summed E-state index contributed by atoms with van der Waals surface area (Å²) >= 11 is 0. The van der Waals surface area contributed by atoms with Crippen LogP contribution in [0.25, 0.3) is 0 Å². The molecule has 0 unspecified atom stereocenters. The monoisotopic (exact) mass is 447 g/mol.